The van der Waals surface area contributed by atoms with Gasteiger partial charge in [0.25, 0.3) is 5.91 Å². The number of nitrogens with zero attached hydrogens (tertiary/aromatic N) is 1. The van der Waals surface area contributed by atoms with Crippen LogP contribution in [-0.4, -0.2) is 17.5 Å². The Morgan fingerprint density at radius 3 is 3.10 bits per heavy atom. The van der Waals surface area contributed by atoms with Crippen LogP contribution in [0.25, 0.3) is 0 Å². The second kappa shape index (κ2) is 5.61. The Labute approximate surface area is 127 Å². The molecule has 0 saturated carbocycles. The van der Waals surface area contributed by atoms with E-state index in [-0.39, 0.29) is 12.5 Å². The van der Waals surface area contributed by atoms with Crippen LogP contribution < -0.4 is 15.4 Å². The standard InChI is InChI=1S/C15H14ClN3O2/c1-9-4-11(7-18-15(9)16)17-6-10-2-3-13-12(5-10)19-14(20)8-21-13/h2-5,7,17H,6,8H2,1H3,(H,19,20). The van der Waals surface area contributed by atoms with Crippen molar-refractivity contribution in [2.24, 2.45) is 0 Å². The molecule has 1 aromatic carbocycles. The summed E-state index contributed by atoms with van der Waals surface area (Å²) in [5, 5.41) is 6.57. The second-order valence-electron chi connectivity index (χ2n) is 4.85. The Balaban J connectivity index is 1.72. The highest BCUT2D eigenvalue weighted by Gasteiger charge is 2.15. The first kappa shape index (κ1) is 13.7. The highest BCUT2D eigenvalue weighted by Crippen LogP contribution is 2.28. The number of ether oxygens (including phenoxy) is 1. The largest absolute Gasteiger partial charge is 0.482 e. The van der Waals surface area contributed by atoms with Crippen molar-refractivity contribution in [2.75, 3.05) is 17.2 Å². The first-order valence-corrected chi connectivity index (χ1v) is 6.91. The molecule has 1 aliphatic heterocycles. The summed E-state index contributed by atoms with van der Waals surface area (Å²) in [6.07, 6.45) is 1.69. The number of fused-ring (bicyclic) bond motifs is 1. The number of hydrogen-bond acceptors (Lipinski definition) is 4. The van der Waals surface area contributed by atoms with E-state index in [1.807, 2.05) is 31.2 Å². The minimum atomic E-state index is -0.134. The summed E-state index contributed by atoms with van der Waals surface area (Å²) < 4.78 is 5.33. The van der Waals surface area contributed by atoms with Crippen molar-refractivity contribution in [1.82, 2.24) is 4.98 Å². The van der Waals surface area contributed by atoms with Gasteiger partial charge in [-0.05, 0) is 36.2 Å². The number of hydrogen-bond donors (Lipinski definition) is 2. The SMILES string of the molecule is Cc1cc(NCc2ccc3c(c2)NC(=O)CO3)cnc1Cl. The van der Waals surface area contributed by atoms with Crippen LogP contribution >= 0.6 is 11.6 Å². The zero-order valence-corrected chi connectivity index (χ0v) is 12.2. The maximum atomic E-state index is 11.3. The Bertz CT molecular complexity index is 703. The lowest BCUT2D eigenvalue weighted by Crippen LogP contribution is -2.25. The van der Waals surface area contributed by atoms with Gasteiger partial charge in [0.15, 0.2) is 6.61 Å². The molecule has 21 heavy (non-hydrogen) atoms. The zero-order valence-electron chi connectivity index (χ0n) is 11.4. The highest BCUT2D eigenvalue weighted by atomic mass is 35.5. The van der Waals surface area contributed by atoms with E-state index in [0.29, 0.717) is 23.1 Å². The number of nitrogens with one attached hydrogen (secondary N) is 2. The molecule has 3 rings (SSSR count). The topological polar surface area (TPSA) is 63.2 Å². The number of anilines is 2. The number of carbonyl (C=O) groups is 1. The fourth-order valence-corrected chi connectivity index (χ4v) is 2.20. The smallest absolute Gasteiger partial charge is 0.262 e. The summed E-state index contributed by atoms with van der Waals surface area (Å²) in [5.74, 6) is 0.562. The summed E-state index contributed by atoms with van der Waals surface area (Å²) in [6, 6.07) is 7.66. The van der Waals surface area contributed by atoms with E-state index in [1.54, 1.807) is 6.20 Å². The molecular weight excluding hydrogens is 290 g/mol. The molecule has 0 radical (unpaired) electrons. The summed E-state index contributed by atoms with van der Waals surface area (Å²) in [5.41, 5.74) is 3.56. The number of amides is 1. The Morgan fingerprint density at radius 2 is 2.29 bits per heavy atom. The minimum Gasteiger partial charge on any atom is -0.482 e. The molecule has 6 heteroatoms. The molecule has 1 amide bonds. The third kappa shape index (κ3) is 3.08. The normalized spacial score (nSPS) is 13.1. The minimum absolute atomic E-state index is 0.0698. The lowest BCUT2D eigenvalue weighted by atomic mass is 10.1. The highest BCUT2D eigenvalue weighted by molar-refractivity contribution is 6.30. The molecule has 0 spiro atoms. The van der Waals surface area contributed by atoms with Crippen molar-refractivity contribution in [1.29, 1.82) is 0 Å². The van der Waals surface area contributed by atoms with Crippen molar-refractivity contribution in [3.05, 3.63) is 46.7 Å². The van der Waals surface area contributed by atoms with Gasteiger partial charge in [-0.25, -0.2) is 4.98 Å². The quantitative estimate of drug-likeness (QED) is 0.856. The second-order valence-corrected chi connectivity index (χ2v) is 5.21. The van der Waals surface area contributed by atoms with Crippen LogP contribution in [0.5, 0.6) is 5.75 Å². The van der Waals surface area contributed by atoms with Gasteiger partial charge in [0.05, 0.1) is 17.6 Å². The van der Waals surface area contributed by atoms with Crippen molar-refractivity contribution >= 4 is 28.9 Å². The van der Waals surface area contributed by atoms with Gasteiger partial charge in [-0.2, -0.15) is 0 Å². The van der Waals surface area contributed by atoms with Crippen LogP contribution in [0.2, 0.25) is 5.15 Å². The van der Waals surface area contributed by atoms with Crippen LogP contribution in [0.3, 0.4) is 0 Å². The van der Waals surface area contributed by atoms with Crippen LogP contribution in [0.1, 0.15) is 11.1 Å². The fraction of sp³-hybridized carbons (Fsp3) is 0.200. The van der Waals surface area contributed by atoms with Crippen molar-refractivity contribution < 1.29 is 9.53 Å². The van der Waals surface area contributed by atoms with E-state index >= 15 is 0 Å². The zero-order chi connectivity index (χ0) is 14.8. The monoisotopic (exact) mass is 303 g/mol. The van der Waals surface area contributed by atoms with E-state index in [4.69, 9.17) is 16.3 Å². The molecular formula is C15H14ClN3O2. The molecule has 1 aliphatic rings. The van der Waals surface area contributed by atoms with Crippen molar-refractivity contribution in [3.63, 3.8) is 0 Å². The molecule has 0 unspecified atom stereocenters. The van der Waals surface area contributed by atoms with Gasteiger partial charge in [0.1, 0.15) is 10.9 Å². The third-order valence-corrected chi connectivity index (χ3v) is 3.58. The van der Waals surface area contributed by atoms with Gasteiger partial charge < -0.3 is 15.4 Å². The number of aryl methyl sites for hydroxylation is 1. The number of halogens is 1. The molecule has 1 aromatic heterocycles. The van der Waals surface area contributed by atoms with E-state index in [9.17, 15) is 4.79 Å². The van der Waals surface area contributed by atoms with Gasteiger partial charge in [-0.1, -0.05) is 17.7 Å². The number of pyridine rings is 1. The molecule has 0 saturated heterocycles. The van der Waals surface area contributed by atoms with Crippen molar-refractivity contribution in [2.45, 2.75) is 13.5 Å². The fourth-order valence-electron chi connectivity index (χ4n) is 2.10. The van der Waals surface area contributed by atoms with E-state index in [0.717, 1.165) is 16.8 Å². The van der Waals surface area contributed by atoms with E-state index in [2.05, 4.69) is 15.6 Å². The van der Waals surface area contributed by atoms with Gasteiger partial charge in [-0.15, -0.1) is 0 Å². The lowest BCUT2D eigenvalue weighted by molar-refractivity contribution is -0.118. The van der Waals surface area contributed by atoms with Gasteiger partial charge in [0.2, 0.25) is 0 Å². The van der Waals surface area contributed by atoms with Gasteiger partial charge in [-0.3, -0.25) is 4.79 Å². The molecule has 0 atom stereocenters. The molecule has 0 aliphatic carbocycles. The molecule has 108 valence electrons. The first-order chi connectivity index (χ1) is 10.1. The van der Waals surface area contributed by atoms with Crippen LogP contribution in [-0.2, 0) is 11.3 Å². The van der Waals surface area contributed by atoms with Gasteiger partial charge in [0, 0.05) is 6.54 Å². The molecule has 2 aromatic rings. The Kier molecular flexibility index (Phi) is 3.66. The lowest BCUT2D eigenvalue weighted by Gasteiger charge is -2.18. The predicted octanol–water partition coefficient (Wildman–Crippen LogP) is 2.99. The molecule has 2 N–H and O–H groups in total. The molecule has 0 fully saturated rings. The summed E-state index contributed by atoms with van der Waals surface area (Å²) >= 11 is 5.90. The summed E-state index contributed by atoms with van der Waals surface area (Å²) in [4.78, 5) is 15.4. The maximum absolute atomic E-state index is 11.3. The Morgan fingerprint density at radius 1 is 1.43 bits per heavy atom. The van der Waals surface area contributed by atoms with Crippen LogP contribution in [0, 0.1) is 6.92 Å². The first-order valence-electron chi connectivity index (χ1n) is 6.53. The van der Waals surface area contributed by atoms with E-state index < -0.39 is 0 Å². The average molecular weight is 304 g/mol. The summed E-state index contributed by atoms with van der Waals surface area (Å²) in [6.45, 7) is 2.60. The number of carbonyl (C=O) groups excluding carboxylic acids is 1. The molecule has 2 heterocycles. The number of aromatic nitrogens is 1. The third-order valence-electron chi connectivity index (χ3n) is 3.19. The molecule has 5 nitrogen and oxygen atoms in total. The number of rotatable bonds is 3. The van der Waals surface area contributed by atoms with Crippen LogP contribution in [0.15, 0.2) is 30.5 Å². The van der Waals surface area contributed by atoms with Crippen molar-refractivity contribution in [3.8, 4) is 5.75 Å². The average Bonchev–Trinajstić information content (AvgIpc) is 2.48. The van der Waals surface area contributed by atoms with E-state index in [1.165, 1.54) is 0 Å². The summed E-state index contributed by atoms with van der Waals surface area (Å²) in [7, 11) is 0. The number of benzene rings is 1. The van der Waals surface area contributed by atoms with Crippen LogP contribution in [0.4, 0.5) is 11.4 Å². The van der Waals surface area contributed by atoms with Gasteiger partial charge >= 0.3 is 0 Å². The maximum Gasteiger partial charge on any atom is 0.262 e. The molecule has 0 bridgehead atoms. The Hall–Kier alpha value is -2.27. The predicted molar refractivity (Wildman–Crippen MR) is 81.9 cm³/mol.